The van der Waals surface area contributed by atoms with Crippen LogP contribution in [0.1, 0.15) is 40.9 Å². The first kappa shape index (κ1) is 14.1. The molecule has 1 fully saturated rings. The van der Waals surface area contributed by atoms with E-state index < -0.39 is 0 Å². The molecule has 0 radical (unpaired) electrons. The SMILES string of the molecule is CN(CC1CCCC1)C(=O)c1sccc1C#CCO. The van der Waals surface area contributed by atoms with Crippen LogP contribution in [0.15, 0.2) is 11.4 Å². The molecule has 1 aromatic heterocycles. The topological polar surface area (TPSA) is 40.5 Å². The van der Waals surface area contributed by atoms with E-state index in [0.717, 1.165) is 12.1 Å². The van der Waals surface area contributed by atoms with Gasteiger partial charge in [0.15, 0.2) is 0 Å². The third-order valence-corrected chi connectivity index (χ3v) is 4.42. The molecule has 102 valence electrons. The summed E-state index contributed by atoms with van der Waals surface area (Å²) < 4.78 is 0. The van der Waals surface area contributed by atoms with E-state index in [4.69, 9.17) is 5.11 Å². The lowest BCUT2D eigenvalue weighted by Crippen LogP contribution is -2.31. The van der Waals surface area contributed by atoms with Gasteiger partial charge in [0.05, 0.1) is 0 Å². The number of carbonyl (C=O) groups is 1. The Balaban J connectivity index is 2.03. The zero-order chi connectivity index (χ0) is 13.7. The van der Waals surface area contributed by atoms with E-state index in [-0.39, 0.29) is 12.5 Å². The van der Waals surface area contributed by atoms with E-state index in [1.165, 1.54) is 37.0 Å². The van der Waals surface area contributed by atoms with Crippen molar-refractivity contribution in [2.75, 3.05) is 20.2 Å². The molecule has 3 nitrogen and oxygen atoms in total. The molecule has 2 rings (SSSR count). The summed E-state index contributed by atoms with van der Waals surface area (Å²) >= 11 is 1.42. The Morgan fingerprint density at radius 2 is 2.26 bits per heavy atom. The number of amides is 1. The summed E-state index contributed by atoms with van der Waals surface area (Å²) in [6.07, 6.45) is 5.05. The van der Waals surface area contributed by atoms with Gasteiger partial charge < -0.3 is 10.0 Å². The summed E-state index contributed by atoms with van der Waals surface area (Å²) in [5.41, 5.74) is 0.724. The van der Waals surface area contributed by atoms with Crippen LogP contribution in [0, 0.1) is 17.8 Å². The van der Waals surface area contributed by atoms with Gasteiger partial charge in [-0.1, -0.05) is 24.7 Å². The van der Waals surface area contributed by atoms with Crippen molar-refractivity contribution >= 4 is 17.2 Å². The molecule has 19 heavy (non-hydrogen) atoms. The van der Waals surface area contributed by atoms with Gasteiger partial charge in [0.25, 0.3) is 5.91 Å². The van der Waals surface area contributed by atoms with Crippen LogP contribution in [-0.4, -0.2) is 36.1 Å². The lowest BCUT2D eigenvalue weighted by molar-refractivity contribution is 0.0778. The maximum absolute atomic E-state index is 12.4. The van der Waals surface area contributed by atoms with Crippen molar-refractivity contribution in [1.82, 2.24) is 4.90 Å². The molecule has 1 aromatic rings. The minimum absolute atomic E-state index is 0.0455. The second kappa shape index (κ2) is 6.74. The van der Waals surface area contributed by atoms with Crippen molar-refractivity contribution in [3.8, 4) is 11.8 Å². The average molecular weight is 277 g/mol. The number of thiophene rings is 1. The fourth-order valence-corrected chi connectivity index (χ4v) is 3.39. The molecular weight excluding hydrogens is 258 g/mol. The van der Waals surface area contributed by atoms with Crippen LogP contribution in [0.4, 0.5) is 0 Å². The van der Waals surface area contributed by atoms with E-state index in [1.54, 1.807) is 0 Å². The normalized spacial score (nSPS) is 15.1. The van der Waals surface area contributed by atoms with Gasteiger partial charge in [0.1, 0.15) is 11.5 Å². The minimum Gasteiger partial charge on any atom is -0.384 e. The second-order valence-electron chi connectivity index (χ2n) is 4.96. The first-order chi connectivity index (χ1) is 9.22. The fraction of sp³-hybridized carbons (Fsp3) is 0.533. The highest BCUT2D eigenvalue weighted by molar-refractivity contribution is 7.12. The monoisotopic (exact) mass is 277 g/mol. The van der Waals surface area contributed by atoms with Crippen molar-refractivity contribution in [1.29, 1.82) is 0 Å². The molecule has 0 aromatic carbocycles. The highest BCUT2D eigenvalue weighted by Gasteiger charge is 2.22. The van der Waals surface area contributed by atoms with Crippen molar-refractivity contribution < 1.29 is 9.90 Å². The zero-order valence-corrected chi connectivity index (χ0v) is 12.0. The van der Waals surface area contributed by atoms with Crippen LogP contribution in [0.3, 0.4) is 0 Å². The standard InChI is InChI=1S/C15H19NO2S/c1-16(11-12-5-2-3-6-12)15(18)14-13(7-4-9-17)8-10-19-14/h8,10,12,17H,2-3,5-6,9,11H2,1H3. The summed E-state index contributed by atoms with van der Waals surface area (Å²) in [5.74, 6) is 6.13. The van der Waals surface area contributed by atoms with E-state index in [2.05, 4.69) is 11.8 Å². The largest absolute Gasteiger partial charge is 0.384 e. The molecule has 0 atom stereocenters. The van der Waals surface area contributed by atoms with Crippen molar-refractivity contribution in [2.45, 2.75) is 25.7 Å². The number of hydrogen-bond acceptors (Lipinski definition) is 3. The first-order valence-electron chi connectivity index (χ1n) is 6.65. The molecule has 0 unspecified atom stereocenters. The highest BCUT2D eigenvalue weighted by atomic mass is 32.1. The van der Waals surface area contributed by atoms with Crippen molar-refractivity contribution in [3.05, 3.63) is 21.9 Å². The number of nitrogens with zero attached hydrogens (tertiary/aromatic N) is 1. The summed E-state index contributed by atoms with van der Waals surface area (Å²) in [4.78, 5) is 14.9. The Hall–Kier alpha value is -1.31. The number of rotatable bonds is 3. The van der Waals surface area contributed by atoms with Gasteiger partial charge in [-0.15, -0.1) is 11.3 Å². The number of hydrogen-bond donors (Lipinski definition) is 1. The predicted octanol–water partition coefficient (Wildman–Crippen LogP) is 2.35. The van der Waals surface area contributed by atoms with E-state index in [1.807, 2.05) is 23.4 Å². The molecule has 1 amide bonds. The Morgan fingerprint density at radius 1 is 1.53 bits per heavy atom. The summed E-state index contributed by atoms with van der Waals surface area (Å²) in [5, 5.41) is 10.6. The molecule has 1 aliphatic carbocycles. The van der Waals surface area contributed by atoms with Gasteiger partial charge in [-0.3, -0.25) is 4.79 Å². The van der Waals surface area contributed by atoms with Crippen LogP contribution < -0.4 is 0 Å². The Labute approximate surface area is 118 Å². The maximum atomic E-state index is 12.4. The quantitative estimate of drug-likeness (QED) is 0.862. The average Bonchev–Trinajstić information content (AvgIpc) is 3.06. The lowest BCUT2D eigenvalue weighted by atomic mass is 10.1. The van der Waals surface area contributed by atoms with E-state index in [9.17, 15) is 4.79 Å². The van der Waals surface area contributed by atoms with E-state index in [0.29, 0.717) is 10.8 Å². The zero-order valence-electron chi connectivity index (χ0n) is 11.2. The first-order valence-corrected chi connectivity index (χ1v) is 7.53. The predicted molar refractivity (Wildman–Crippen MR) is 77.2 cm³/mol. The van der Waals surface area contributed by atoms with Crippen LogP contribution >= 0.6 is 11.3 Å². The van der Waals surface area contributed by atoms with Crippen LogP contribution in [0.2, 0.25) is 0 Å². The fourth-order valence-electron chi connectivity index (χ4n) is 2.54. The van der Waals surface area contributed by atoms with Gasteiger partial charge in [0.2, 0.25) is 0 Å². The smallest absolute Gasteiger partial charge is 0.264 e. The van der Waals surface area contributed by atoms with Gasteiger partial charge >= 0.3 is 0 Å². The second-order valence-corrected chi connectivity index (χ2v) is 5.88. The molecule has 0 aliphatic heterocycles. The Bertz CT molecular complexity index is 492. The van der Waals surface area contributed by atoms with Gasteiger partial charge in [-0.05, 0) is 30.2 Å². The van der Waals surface area contributed by atoms with Gasteiger partial charge in [-0.2, -0.15) is 0 Å². The molecule has 1 N–H and O–H groups in total. The maximum Gasteiger partial charge on any atom is 0.264 e. The molecule has 4 heteroatoms. The molecule has 1 saturated carbocycles. The third-order valence-electron chi connectivity index (χ3n) is 3.52. The highest BCUT2D eigenvalue weighted by Crippen LogP contribution is 2.26. The van der Waals surface area contributed by atoms with Crippen LogP contribution in [0.5, 0.6) is 0 Å². The minimum atomic E-state index is -0.179. The van der Waals surface area contributed by atoms with Crippen molar-refractivity contribution in [2.24, 2.45) is 5.92 Å². The molecule has 0 bridgehead atoms. The van der Waals surface area contributed by atoms with Gasteiger partial charge in [0, 0.05) is 19.2 Å². The molecule has 0 spiro atoms. The molecule has 0 saturated heterocycles. The van der Waals surface area contributed by atoms with Crippen LogP contribution in [-0.2, 0) is 0 Å². The molecule has 1 aliphatic rings. The van der Waals surface area contributed by atoms with Crippen molar-refractivity contribution in [3.63, 3.8) is 0 Å². The Kier molecular flexibility index (Phi) is 5.00. The summed E-state index contributed by atoms with van der Waals surface area (Å²) in [6, 6.07) is 1.84. The lowest BCUT2D eigenvalue weighted by Gasteiger charge is -2.20. The van der Waals surface area contributed by atoms with Crippen LogP contribution in [0.25, 0.3) is 0 Å². The summed E-state index contributed by atoms with van der Waals surface area (Å²) in [7, 11) is 1.86. The number of aliphatic hydroxyl groups excluding tert-OH is 1. The number of aliphatic hydroxyl groups is 1. The molecular formula is C15H19NO2S. The van der Waals surface area contributed by atoms with Gasteiger partial charge in [-0.25, -0.2) is 0 Å². The van der Waals surface area contributed by atoms with E-state index >= 15 is 0 Å². The number of carbonyl (C=O) groups excluding carboxylic acids is 1. The third kappa shape index (κ3) is 3.59. The molecule has 1 heterocycles. The Morgan fingerprint density at radius 3 is 2.95 bits per heavy atom. The summed E-state index contributed by atoms with van der Waals surface area (Å²) in [6.45, 7) is 0.658.